The molecular formula is C11H13F2NO2. The summed E-state index contributed by atoms with van der Waals surface area (Å²) in [5, 5.41) is 11.3. The second-order valence-electron chi connectivity index (χ2n) is 3.42. The Kier molecular flexibility index (Phi) is 4.37. The van der Waals surface area contributed by atoms with Crippen molar-refractivity contribution >= 4 is 5.91 Å². The van der Waals surface area contributed by atoms with E-state index >= 15 is 0 Å². The Morgan fingerprint density at radius 2 is 1.94 bits per heavy atom. The fourth-order valence-corrected chi connectivity index (χ4v) is 1.23. The van der Waals surface area contributed by atoms with E-state index in [0.717, 1.165) is 12.1 Å². The van der Waals surface area contributed by atoms with Crippen LogP contribution in [0.25, 0.3) is 0 Å². The van der Waals surface area contributed by atoms with Gasteiger partial charge in [0.1, 0.15) is 11.6 Å². The summed E-state index contributed by atoms with van der Waals surface area (Å²) in [5.74, 6) is -2.20. The highest BCUT2D eigenvalue weighted by Crippen LogP contribution is 2.08. The summed E-state index contributed by atoms with van der Waals surface area (Å²) in [6.45, 7) is 1.58. The Bertz CT molecular complexity index is 358. The van der Waals surface area contributed by atoms with Gasteiger partial charge < -0.3 is 10.4 Å². The quantitative estimate of drug-likeness (QED) is 0.821. The van der Waals surface area contributed by atoms with Crippen LogP contribution in [-0.2, 0) is 0 Å². The molecule has 0 aromatic heterocycles. The molecule has 0 heterocycles. The highest BCUT2D eigenvalue weighted by Gasteiger charge is 2.12. The molecule has 0 radical (unpaired) electrons. The lowest BCUT2D eigenvalue weighted by Crippen LogP contribution is -2.37. The Morgan fingerprint density at radius 1 is 1.38 bits per heavy atom. The first-order valence-electron chi connectivity index (χ1n) is 4.94. The summed E-state index contributed by atoms with van der Waals surface area (Å²) in [6.07, 6.45) is 0.542. The van der Waals surface area contributed by atoms with Crippen molar-refractivity contribution in [2.45, 2.75) is 19.4 Å². The average molecular weight is 229 g/mol. The van der Waals surface area contributed by atoms with Crippen LogP contribution in [0.1, 0.15) is 23.7 Å². The first kappa shape index (κ1) is 12.6. The molecule has 2 N–H and O–H groups in total. The fraction of sp³-hybridized carbons (Fsp3) is 0.364. The van der Waals surface area contributed by atoms with Gasteiger partial charge in [-0.15, -0.1) is 0 Å². The van der Waals surface area contributed by atoms with E-state index in [-0.39, 0.29) is 12.2 Å². The molecule has 1 unspecified atom stereocenters. The monoisotopic (exact) mass is 229 g/mol. The number of nitrogens with one attached hydrogen (secondary N) is 1. The zero-order valence-corrected chi connectivity index (χ0v) is 8.84. The Hall–Kier alpha value is -1.49. The molecule has 88 valence electrons. The number of halogens is 2. The van der Waals surface area contributed by atoms with E-state index in [1.54, 1.807) is 6.92 Å². The van der Waals surface area contributed by atoms with Gasteiger partial charge >= 0.3 is 0 Å². The van der Waals surface area contributed by atoms with Crippen LogP contribution in [0, 0.1) is 11.6 Å². The molecule has 1 aromatic carbocycles. The molecule has 0 bridgehead atoms. The summed E-state index contributed by atoms with van der Waals surface area (Å²) in [7, 11) is 0. The van der Waals surface area contributed by atoms with Gasteiger partial charge in [0.2, 0.25) is 0 Å². The van der Waals surface area contributed by atoms with E-state index in [1.165, 1.54) is 0 Å². The van der Waals surface area contributed by atoms with E-state index in [9.17, 15) is 13.6 Å². The van der Waals surface area contributed by atoms with E-state index < -0.39 is 23.6 Å². The number of benzene rings is 1. The molecule has 0 aliphatic heterocycles. The van der Waals surface area contributed by atoms with Crippen molar-refractivity contribution in [2.75, 3.05) is 6.61 Å². The molecule has 1 atom stereocenters. The molecule has 16 heavy (non-hydrogen) atoms. The first-order valence-corrected chi connectivity index (χ1v) is 4.94. The van der Waals surface area contributed by atoms with Gasteiger partial charge in [0.15, 0.2) is 0 Å². The van der Waals surface area contributed by atoms with E-state index in [1.807, 2.05) is 0 Å². The van der Waals surface area contributed by atoms with Gasteiger partial charge in [-0.05, 0) is 18.6 Å². The van der Waals surface area contributed by atoms with Crippen LogP contribution >= 0.6 is 0 Å². The van der Waals surface area contributed by atoms with Crippen LogP contribution in [0.5, 0.6) is 0 Å². The standard InChI is InChI=1S/C11H13F2NO2/c1-2-10(6-15)14-11(16)7-3-8(12)5-9(13)4-7/h3-5,10,15H,2,6H2,1H3,(H,14,16). The number of aliphatic hydroxyl groups excluding tert-OH is 1. The molecule has 0 aliphatic carbocycles. The maximum Gasteiger partial charge on any atom is 0.251 e. The number of carbonyl (C=O) groups is 1. The molecule has 3 nitrogen and oxygen atoms in total. The minimum Gasteiger partial charge on any atom is -0.394 e. The molecule has 0 saturated carbocycles. The molecular weight excluding hydrogens is 216 g/mol. The van der Waals surface area contributed by atoms with Gasteiger partial charge in [-0.25, -0.2) is 8.78 Å². The highest BCUT2D eigenvalue weighted by atomic mass is 19.1. The Labute approximate surface area is 92.1 Å². The number of hydrogen-bond acceptors (Lipinski definition) is 2. The van der Waals surface area contributed by atoms with E-state index in [0.29, 0.717) is 12.5 Å². The third kappa shape index (κ3) is 3.27. The van der Waals surface area contributed by atoms with Crippen LogP contribution in [0.15, 0.2) is 18.2 Å². The second kappa shape index (κ2) is 5.55. The number of aliphatic hydroxyl groups is 1. The molecule has 1 aromatic rings. The fourth-order valence-electron chi connectivity index (χ4n) is 1.23. The molecule has 1 rings (SSSR count). The summed E-state index contributed by atoms with van der Waals surface area (Å²) < 4.78 is 25.6. The number of hydrogen-bond donors (Lipinski definition) is 2. The first-order chi connectivity index (χ1) is 7.56. The Balaban J connectivity index is 2.80. The lowest BCUT2D eigenvalue weighted by Gasteiger charge is -2.13. The van der Waals surface area contributed by atoms with Crippen molar-refractivity contribution in [2.24, 2.45) is 0 Å². The summed E-state index contributed by atoms with van der Waals surface area (Å²) in [4.78, 5) is 11.5. The molecule has 0 aliphatic rings. The van der Waals surface area contributed by atoms with Crippen molar-refractivity contribution in [3.05, 3.63) is 35.4 Å². The normalized spacial score (nSPS) is 12.2. The lowest BCUT2D eigenvalue weighted by atomic mass is 10.1. The van der Waals surface area contributed by atoms with E-state index in [4.69, 9.17) is 5.11 Å². The minimum atomic E-state index is -0.804. The van der Waals surface area contributed by atoms with Crippen molar-refractivity contribution in [3.8, 4) is 0 Å². The largest absolute Gasteiger partial charge is 0.394 e. The SMILES string of the molecule is CCC(CO)NC(=O)c1cc(F)cc(F)c1. The summed E-state index contributed by atoms with van der Waals surface area (Å²) in [5.41, 5.74) is -0.0931. The molecule has 1 amide bonds. The second-order valence-corrected chi connectivity index (χ2v) is 3.42. The minimum absolute atomic E-state index is 0.0931. The molecule has 0 fully saturated rings. The van der Waals surface area contributed by atoms with Crippen LogP contribution in [0.4, 0.5) is 8.78 Å². The van der Waals surface area contributed by atoms with Crippen LogP contribution in [0.3, 0.4) is 0 Å². The van der Waals surface area contributed by atoms with E-state index in [2.05, 4.69) is 5.32 Å². The van der Waals surface area contributed by atoms with Crippen molar-refractivity contribution < 1.29 is 18.7 Å². The number of carbonyl (C=O) groups excluding carboxylic acids is 1. The van der Waals surface area contributed by atoms with Gasteiger partial charge in [0.05, 0.1) is 12.6 Å². The number of rotatable bonds is 4. The molecule has 0 saturated heterocycles. The maximum atomic E-state index is 12.8. The van der Waals surface area contributed by atoms with Gasteiger partial charge in [-0.2, -0.15) is 0 Å². The van der Waals surface area contributed by atoms with Crippen LogP contribution in [0.2, 0.25) is 0 Å². The van der Waals surface area contributed by atoms with Crippen molar-refractivity contribution in [3.63, 3.8) is 0 Å². The zero-order chi connectivity index (χ0) is 12.1. The molecule has 0 spiro atoms. The summed E-state index contributed by atoms with van der Waals surface area (Å²) >= 11 is 0. The molecule has 5 heteroatoms. The van der Waals surface area contributed by atoms with Gasteiger partial charge in [0, 0.05) is 11.6 Å². The number of amides is 1. The lowest BCUT2D eigenvalue weighted by molar-refractivity contribution is 0.0914. The van der Waals surface area contributed by atoms with Crippen molar-refractivity contribution in [1.82, 2.24) is 5.32 Å². The van der Waals surface area contributed by atoms with Gasteiger partial charge in [-0.1, -0.05) is 6.92 Å². The smallest absolute Gasteiger partial charge is 0.251 e. The third-order valence-electron chi connectivity index (χ3n) is 2.17. The zero-order valence-electron chi connectivity index (χ0n) is 8.84. The highest BCUT2D eigenvalue weighted by molar-refractivity contribution is 5.94. The average Bonchev–Trinajstić information content (AvgIpc) is 2.24. The van der Waals surface area contributed by atoms with Crippen molar-refractivity contribution in [1.29, 1.82) is 0 Å². The predicted octanol–water partition coefficient (Wildman–Crippen LogP) is 1.47. The summed E-state index contributed by atoms with van der Waals surface area (Å²) in [6, 6.07) is 2.18. The third-order valence-corrected chi connectivity index (χ3v) is 2.17. The topological polar surface area (TPSA) is 49.3 Å². The maximum absolute atomic E-state index is 12.8. The van der Waals surface area contributed by atoms with Gasteiger partial charge in [0.25, 0.3) is 5.91 Å². The Morgan fingerprint density at radius 3 is 2.38 bits per heavy atom. The van der Waals surface area contributed by atoms with Crippen LogP contribution in [-0.4, -0.2) is 23.7 Å². The predicted molar refractivity (Wildman–Crippen MR) is 55.0 cm³/mol. The van der Waals surface area contributed by atoms with Crippen LogP contribution < -0.4 is 5.32 Å². The van der Waals surface area contributed by atoms with Gasteiger partial charge in [-0.3, -0.25) is 4.79 Å².